The van der Waals surface area contributed by atoms with Gasteiger partial charge in [-0.2, -0.15) is 13.2 Å². The van der Waals surface area contributed by atoms with Crippen molar-refractivity contribution in [2.24, 2.45) is 11.7 Å². The molecule has 2 unspecified atom stereocenters. The Morgan fingerprint density at radius 3 is 2.67 bits per heavy atom. The first-order valence-corrected chi connectivity index (χ1v) is 6.00. The summed E-state index contributed by atoms with van der Waals surface area (Å²) in [6.45, 7) is 2.64. The molecular formula is C11H19F3N2O2. The number of carbonyl (C=O) groups excluding carboxylic acids is 1. The number of carbonyl (C=O) groups is 1. The fourth-order valence-corrected chi connectivity index (χ4v) is 2.34. The molecule has 0 bridgehead atoms. The van der Waals surface area contributed by atoms with E-state index in [0.29, 0.717) is 13.0 Å². The Hall–Kier alpha value is -0.820. The van der Waals surface area contributed by atoms with Crippen LogP contribution in [0.2, 0.25) is 0 Å². The van der Waals surface area contributed by atoms with Gasteiger partial charge in [0.2, 0.25) is 0 Å². The van der Waals surface area contributed by atoms with Gasteiger partial charge in [0, 0.05) is 25.6 Å². The van der Waals surface area contributed by atoms with E-state index >= 15 is 0 Å². The summed E-state index contributed by atoms with van der Waals surface area (Å²) in [4.78, 5) is 12.9. The Morgan fingerprint density at radius 2 is 2.11 bits per heavy atom. The van der Waals surface area contributed by atoms with E-state index in [1.807, 2.05) is 0 Å². The van der Waals surface area contributed by atoms with E-state index in [2.05, 4.69) is 0 Å². The summed E-state index contributed by atoms with van der Waals surface area (Å²) in [5.74, 6) is -0.958. The zero-order chi connectivity index (χ0) is 13.8. The van der Waals surface area contributed by atoms with Gasteiger partial charge in [0.05, 0.1) is 13.2 Å². The second-order valence-electron chi connectivity index (χ2n) is 4.68. The lowest BCUT2D eigenvalue weighted by atomic mass is 9.92. The Balaban J connectivity index is 2.47. The zero-order valence-corrected chi connectivity index (χ0v) is 10.4. The molecule has 2 N–H and O–H groups in total. The lowest BCUT2D eigenvalue weighted by Crippen LogP contribution is -2.49. The van der Waals surface area contributed by atoms with Crippen molar-refractivity contribution in [3.8, 4) is 0 Å². The van der Waals surface area contributed by atoms with Crippen LogP contribution in [0.4, 0.5) is 13.2 Å². The average Bonchev–Trinajstić information content (AvgIpc) is 2.13. The molecule has 106 valence electrons. The van der Waals surface area contributed by atoms with E-state index in [-0.39, 0.29) is 25.7 Å². The van der Waals surface area contributed by atoms with Gasteiger partial charge in [-0.05, 0) is 19.3 Å². The highest BCUT2D eigenvalue weighted by Gasteiger charge is 2.36. The Labute approximate surface area is 104 Å². The van der Waals surface area contributed by atoms with Crippen LogP contribution < -0.4 is 5.73 Å². The molecule has 0 aliphatic carbocycles. The fourth-order valence-electron chi connectivity index (χ4n) is 2.34. The second kappa shape index (κ2) is 6.38. The van der Waals surface area contributed by atoms with Crippen molar-refractivity contribution >= 4 is 5.97 Å². The average molecular weight is 268 g/mol. The molecule has 0 aromatic heterocycles. The predicted molar refractivity (Wildman–Crippen MR) is 59.8 cm³/mol. The molecule has 0 spiro atoms. The molecule has 18 heavy (non-hydrogen) atoms. The third kappa shape index (κ3) is 5.68. The maximum atomic E-state index is 12.3. The molecule has 1 fully saturated rings. The highest BCUT2D eigenvalue weighted by atomic mass is 19.4. The van der Waals surface area contributed by atoms with Crippen LogP contribution in [0, 0.1) is 5.92 Å². The molecule has 1 saturated heterocycles. The lowest BCUT2D eigenvalue weighted by Gasteiger charge is -2.35. The quantitative estimate of drug-likeness (QED) is 0.777. The van der Waals surface area contributed by atoms with Gasteiger partial charge in [0.15, 0.2) is 0 Å². The van der Waals surface area contributed by atoms with Crippen molar-refractivity contribution < 1.29 is 22.7 Å². The molecule has 4 nitrogen and oxygen atoms in total. The number of piperidine rings is 1. The number of likely N-dealkylation sites (tertiary alicyclic amines) is 1. The summed E-state index contributed by atoms with van der Waals surface area (Å²) >= 11 is 0. The second-order valence-corrected chi connectivity index (χ2v) is 4.68. The molecule has 0 amide bonds. The fraction of sp³-hybridized carbons (Fsp3) is 0.909. The molecule has 1 aliphatic heterocycles. The van der Waals surface area contributed by atoms with Gasteiger partial charge >= 0.3 is 12.1 Å². The highest BCUT2D eigenvalue weighted by Crippen LogP contribution is 2.29. The van der Waals surface area contributed by atoms with E-state index < -0.39 is 24.5 Å². The molecule has 0 radical (unpaired) electrons. The van der Waals surface area contributed by atoms with E-state index in [1.165, 1.54) is 0 Å². The molecule has 1 aliphatic rings. The number of rotatable bonds is 4. The number of hydrogen-bond acceptors (Lipinski definition) is 4. The highest BCUT2D eigenvalue weighted by molar-refractivity contribution is 5.71. The van der Waals surface area contributed by atoms with Crippen LogP contribution >= 0.6 is 0 Å². The number of esters is 1. The van der Waals surface area contributed by atoms with Gasteiger partial charge in [-0.1, -0.05) is 0 Å². The molecule has 7 heteroatoms. The van der Waals surface area contributed by atoms with Crippen molar-refractivity contribution in [3.05, 3.63) is 0 Å². The molecule has 2 atom stereocenters. The van der Waals surface area contributed by atoms with Gasteiger partial charge in [-0.3, -0.25) is 9.69 Å². The van der Waals surface area contributed by atoms with E-state index in [0.717, 1.165) is 0 Å². The Bertz CT molecular complexity index is 284. The SMILES string of the molecule is CCOC(=O)CN1CC(N)CC(CC(F)(F)F)C1. The van der Waals surface area contributed by atoms with Crippen LogP contribution in [0.1, 0.15) is 19.8 Å². The maximum Gasteiger partial charge on any atom is 0.389 e. The number of ether oxygens (including phenoxy) is 1. The van der Waals surface area contributed by atoms with Crippen LogP contribution in [0.5, 0.6) is 0 Å². The minimum Gasteiger partial charge on any atom is -0.465 e. The molecular weight excluding hydrogens is 249 g/mol. The third-order valence-corrected chi connectivity index (χ3v) is 2.82. The van der Waals surface area contributed by atoms with Crippen LogP contribution in [0.25, 0.3) is 0 Å². The summed E-state index contributed by atoms with van der Waals surface area (Å²) < 4.78 is 41.8. The molecule has 0 saturated carbocycles. The van der Waals surface area contributed by atoms with Gasteiger partial charge in [-0.15, -0.1) is 0 Å². The number of halogens is 3. The maximum absolute atomic E-state index is 12.3. The lowest BCUT2D eigenvalue weighted by molar-refractivity contribution is -0.151. The van der Waals surface area contributed by atoms with Crippen molar-refractivity contribution in [2.75, 3.05) is 26.2 Å². The zero-order valence-electron chi connectivity index (χ0n) is 10.4. The van der Waals surface area contributed by atoms with Crippen LogP contribution in [0.15, 0.2) is 0 Å². The summed E-state index contributed by atoms with van der Waals surface area (Å²) in [7, 11) is 0. The van der Waals surface area contributed by atoms with Crippen LogP contribution in [-0.4, -0.2) is 49.3 Å². The topological polar surface area (TPSA) is 55.6 Å². The summed E-state index contributed by atoms with van der Waals surface area (Å²) in [5.41, 5.74) is 5.72. The summed E-state index contributed by atoms with van der Waals surface area (Å²) in [6.07, 6.45) is -4.68. The number of nitrogens with two attached hydrogens (primary N) is 1. The monoisotopic (exact) mass is 268 g/mol. The number of nitrogens with zero attached hydrogens (tertiary/aromatic N) is 1. The summed E-state index contributed by atoms with van der Waals surface area (Å²) in [6, 6.07) is -0.319. The van der Waals surface area contributed by atoms with Crippen LogP contribution in [0.3, 0.4) is 0 Å². The Kier molecular flexibility index (Phi) is 5.40. The van der Waals surface area contributed by atoms with Crippen LogP contribution in [-0.2, 0) is 9.53 Å². The first kappa shape index (κ1) is 15.2. The van der Waals surface area contributed by atoms with Crippen molar-refractivity contribution in [3.63, 3.8) is 0 Å². The molecule has 1 heterocycles. The van der Waals surface area contributed by atoms with Crippen molar-refractivity contribution in [1.82, 2.24) is 4.90 Å². The van der Waals surface area contributed by atoms with Gasteiger partial charge < -0.3 is 10.5 Å². The van der Waals surface area contributed by atoms with E-state index in [9.17, 15) is 18.0 Å². The minimum atomic E-state index is -4.18. The van der Waals surface area contributed by atoms with E-state index in [4.69, 9.17) is 10.5 Å². The predicted octanol–water partition coefficient (Wildman–Crippen LogP) is 1.15. The number of hydrogen-bond donors (Lipinski definition) is 1. The van der Waals surface area contributed by atoms with Gasteiger partial charge in [0.25, 0.3) is 0 Å². The standard InChI is InChI=1S/C11H19F3N2O2/c1-2-18-10(17)7-16-5-8(3-9(15)6-16)4-11(12,13)14/h8-9H,2-7,15H2,1H3. The van der Waals surface area contributed by atoms with Crippen molar-refractivity contribution in [2.45, 2.75) is 32.0 Å². The first-order valence-electron chi connectivity index (χ1n) is 6.00. The largest absolute Gasteiger partial charge is 0.465 e. The third-order valence-electron chi connectivity index (χ3n) is 2.82. The number of alkyl halides is 3. The molecule has 1 rings (SSSR count). The van der Waals surface area contributed by atoms with E-state index in [1.54, 1.807) is 11.8 Å². The molecule has 0 aromatic carbocycles. The Morgan fingerprint density at radius 1 is 1.44 bits per heavy atom. The van der Waals surface area contributed by atoms with Crippen molar-refractivity contribution in [1.29, 1.82) is 0 Å². The smallest absolute Gasteiger partial charge is 0.389 e. The first-order chi connectivity index (χ1) is 8.30. The van der Waals surface area contributed by atoms with Gasteiger partial charge in [0.1, 0.15) is 0 Å². The molecule has 0 aromatic rings. The minimum absolute atomic E-state index is 0.00982. The van der Waals surface area contributed by atoms with Gasteiger partial charge in [-0.25, -0.2) is 0 Å². The normalized spacial score (nSPS) is 26.1. The summed E-state index contributed by atoms with van der Waals surface area (Å²) in [5, 5.41) is 0.